The molecule has 5 nitrogen and oxygen atoms in total. The quantitative estimate of drug-likeness (QED) is 0.617. The van der Waals surface area contributed by atoms with Crippen LogP contribution in [0.3, 0.4) is 0 Å². The summed E-state index contributed by atoms with van der Waals surface area (Å²) in [6.07, 6.45) is -0.777. The van der Waals surface area contributed by atoms with E-state index in [0.29, 0.717) is 17.1 Å². The molecule has 0 radical (unpaired) electrons. The van der Waals surface area contributed by atoms with Crippen molar-refractivity contribution in [3.8, 4) is 11.5 Å². The molecule has 0 aliphatic carbocycles. The maximum Gasteiger partial charge on any atom is 0.347 e. The number of hydrogen-bond acceptors (Lipinski definition) is 5. The van der Waals surface area contributed by atoms with Crippen LogP contribution in [0.15, 0.2) is 18.2 Å². The van der Waals surface area contributed by atoms with E-state index < -0.39 is 17.7 Å². The number of Topliss-reactive ketones (excluding diaryl/α,β-unsaturated/α-hetero) is 1. The van der Waals surface area contributed by atoms with Crippen molar-refractivity contribution in [2.24, 2.45) is 0 Å². The van der Waals surface area contributed by atoms with Gasteiger partial charge in [-0.1, -0.05) is 0 Å². The Morgan fingerprint density at radius 2 is 1.76 bits per heavy atom. The topological polar surface area (TPSA) is 61.8 Å². The molecule has 0 fully saturated rings. The normalized spacial score (nSPS) is 12.5. The minimum atomic E-state index is -0.777. The zero-order valence-corrected chi connectivity index (χ0v) is 13.4. The van der Waals surface area contributed by atoms with Gasteiger partial charge in [-0.05, 0) is 52.8 Å². The van der Waals surface area contributed by atoms with Crippen LogP contribution >= 0.6 is 0 Å². The maximum atomic E-state index is 11.9. The molecule has 0 saturated heterocycles. The van der Waals surface area contributed by atoms with Gasteiger partial charge in [0.15, 0.2) is 23.4 Å². The Hall–Kier alpha value is -2.04. The van der Waals surface area contributed by atoms with E-state index in [-0.39, 0.29) is 5.78 Å². The SMILES string of the molecule is COc1cc(C(C)=O)ccc1OC(C)C(=O)OC(C)(C)C. The number of esters is 1. The van der Waals surface area contributed by atoms with Crippen LogP contribution in [0.4, 0.5) is 0 Å². The van der Waals surface area contributed by atoms with Gasteiger partial charge in [-0.2, -0.15) is 0 Å². The minimum Gasteiger partial charge on any atom is -0.493 e. The van der Waals surface area contributed by atoms with E-state index in [1.54, 1.807) is 45.9 Å². The number of rotatable bonds is 5. The first-order valence-corrected chi connectivity index (χ1v) is 6.72. The minimum absolute atomic E-state index is 0.0694. The fraction of sp³-hybridized carbons (Fsp3) is 0.500. The predicted octanol–water partition coefficient (Wildman–Crippen LogP) is 3.01. The first kappa shape index (κ1) is 17.0. The van der Waals surface area contributed by atoms with Crippen molar-refractivity contribution in [1.82, 2.24) is 0 Å². The number of ketones is 1. The van der Waals surface area contributed by atoms with Crippen LogP contribution in [0.5, 0.6) is 11.5 Å². The Morgan fingerprint density at radius 1 is 1.14 bits per heavy atom. The number of methoxy groups -OCH3 is 1. The van der Waals surface area contributed by atoms with Crippen LogP contribution in [0.2, 0.25) is 0 Å². The molecule has 0 aromatic heterocycles. The third-order valence-corrected chi connectivity index (χ3v) is 2.61. The molecule has 1 unspecified atom stereocenters. The van der Waals surface area contributed by atoms with Crippen LogP contribution in [0.1, 0.15) is 45.0 Å². The van der Waals surface area contributed by atoms with Gasteiger partial charge in [0.2, 0.25) is 0 Å². The average molecular weight is 294 g/mol. The van der Waals surface area contributed by atoms with Crippen LogP contribution in [-0.2, 0) is 9.53 Å². The van der Waals surface area contributed by atoms with Crippen molar-refractivity contribution in [3.05, 3.63) is 23.8 Å². The molecule has 0 heterocycles. The summed E-state index contributed by atoms with van der Waals surface area (Å²) < 4.78 is 16.0. The fourth-order valence-electron chi connectivity index (χ4n) is 1.61. The molecule has 0 saturated carbocycles. The van der Waals surface area contributed by atoms with Gasteiger partial charge in [-0.25, -0.2) is 4.79 Å². The van der Waals surface area contributed by atoms with Gasteiger partial charge in [0.05, 0.1) is 7.11 Å². The van der Waals surface area contributed by atoms with E-state index in [1.807, 2.05) is 0 Å². The van der Waals surface area contributed by atoms with E-state index >= 15 is 0 Å². The monoisotopic (exact) mass is 294 g/mol. The van der Waals surface area contributed by atoms with Crippen LogP contribution in [-0.4, -0.2) is 30.6 Å². The molecule has 1 rings (SSSR count). The van der Waals surface area contributed by atoms with Crippen LogP contribution < -0.4 is 9.47 Å². The van der Waals surface area contributed by atoms with Gasteiger partial charge < -0.3 is 14.2 Å². The van der Waals surface area contributed by atoms with Crippen molar-refractivity contribution in [2.45, 2.75) is 46.3 Å². The molecule has 1 atom stereocenters. The zero-order valence-electron chi connectivity index (χ0n) is 13.4. The van der Waals surface area contributed by atoms with Gasteiger partial charge in [0, 0.05) is 5.56 Å². The van der Waals surface area contributed by atoms with Crippen molar-refractivity contribution < 1.29 is 23.8 Å². The number of carbonyl (C=O) groups excluding carboxylic acids is 2. The van der Waals surface area contributed by atoms with Gasteiger partial charge in [-0.15, -0.1) is 0 Å². The Bertz CT molecular complexity index is 528. The second-order valence-corrected chi connectivity index (χ2v) is 5.72. The molecule has 0 aliphatic heterocycles. The van der Waals surface area contributed by atoms with E-state index in [1.165, 1.54) is 14.0 Å². The number of carbonyl (C=O) groups is 2. The molecule has 0 spiro atoms. The highest BCUT2D eigenvalue weighted by Gasteiger charge is 2.24. The Kier molecular flexibility index (Phi) is 5.35. The Morgan fingerprint density at radius 3 is 2.24 bits per heavy atom. The molecule has 116 valence electrons. The lowest BCUT2D eigenvalue weighted by atomic mass is 10.1. The highest BCUT2D eigenvalue weighted by atomic mass is 16.6. The molecule has 1 aromatic carbocycles. The summed E-state index contributed by atoms with van der Waals surface area (Å²) in [4.78, 5) is 23.2. The average Bonchev–Trinajstić information content (AvgIpc) is 2.36. The van der Waals surface area contributed by atoms with Crippen molar-refractivity contribution in [2.75, 3.05) is 7.11 Å². The Labute approximate surface area is 125 Å². The zero-order chi connectivity index (χ0) is 16.2. The summed E-state index contributed by atoms with van der Waals surface area (Å²) >= 11 is 0. The van der Waals surface area contributed by atoms with Gasteiger partial charge in [0.1, 0.15) is 5.60 Å². The molecular formula is C16H22O5. The molecule has 5 heteroatoms. The summed E-state index contributed by atoms with van der Waals surface area (Å²) in [5.74, 6) is 0.263. The van der Waals surface area contributed by atoms with Crippen LogP contribution in [0, 0.1) is 0 Å². The summed E-state index contributed by atoms with van der Waals surface area (Å²) in [7, 11) is 1.48. The number of ether oxygens (including phenoxy) is 3. The van der Waals surface area contributed by atoms with E-state index in [9.17, 15) is 9.59 Å². The molecular weight excluding hydrogens is 272 g/mol. The third kappa shape index (κ3) is 5.10. The highest BCUT2D eigenvalue weighted by molar-refractivity contribution is 5.94. The summed E-state index contributed by atoms with van der Waals surface area (Å²) in [6, 6.07) is 4.82. The van der Waals surface area contributed by atoms with E-state index in [2.05, 4.69) is 0 Å². The standard InChI is InChI=1S/C16H22O5/c1-10(17)12-7-8-13(14(9-12)19-6)20-11(2)15(18)21-16(3,4)5/h7-9,11H,1-6H3. The summed E-state index contributed by atoms with van der Waals surface area (Å²) in [5, 5.41) is 0. The van der Waals surface area contributed by atoms with E-state index in [0.717, 1.165) is 0 Å². The van der Waals surface area contributed by atoms with Gasteiger partial charge in [0.25, 0.3) is 0 Å². The lowest BCUT2D eigenvalue weighted by molar-refractivity contribution is -0.162. The molecule has 1 aromatic rings. The maximum absolute atomic E-state index is 11.9. The van der Waals surface area contributed by atoms with Crippen molar-refractivity contribution in [3.63, 3.8) is 0 Å². The summed E-state index contributed by atoms with van der Waals surface area (Å²) in [5.41, 5.74) is -0.0544. The number of hydrogen-bond donors (Lipinski definition) is 0. The smallest absolute Gasteiger partial charge is 0.347 e. The predicted molar refractivity (Wildman–Crippen MR) is 78.9 cm³/mol. The van der Waals surface area contributed by atoms with Gasteiger partial charge >= 0.3 is 5.97 Å². The highest BCUT2D eigenvalue weighted by Crippen LogP contribution is 2.29. The number of benzene rings is 1. The molecule has 0 aliphatic rings. The molecule has 0 amide bonds. The lowest BCUT2D eigenvalue weighted by Gasteiger charge is -2.23. The first-order chi connectivity index (χ1) is 9.64. The fourth-order valence-corrected chi connectivity index (χ4v) is 1.61. The largest absolute Gasteiger partial charge is 0.493 e. The van der Waals surface area contributed by atoms with Crippen LogP contribution in [0.25, 0.3) is 0 Å². The lowest BCUT2D eigenvalue weighted by Crippen LogP contribution is -2.33. The van der Waals surface area contributed by atoms with Crippen molar-refractivity contribution >= 4 is 11.8 Å². The molecule has 0 bridgehead atoms. The second-order valence-electron chi connectivity index (χ2n) is 5.72. The summed E-state index contributed by atoms with van der Waals surface area (Å²) in [6.45, 7) is 8.45. The Balaban J connectivity index is 2.87. The van der Waals surface area contributed by atoms with Gasteiger partial charge in [-0.3, -0.25) is 4.79 Å². The molecule has 0 N–H and O–H groups in total. The van der Waals surface area contributed by atoms with Crippen molar-refractivity contribution in [1.29, 1.82) is 0 Å². The second kappa shape index (κ2) is 6.61. The first-order valence-electron chi connectivity index (χ1n) is 6.72. The third-order valence-electron chi connectivity index (χ3n) is 2.61. The molecule has 21 heavy (non-hydrogen) atoms. The van der Waals surface area contributed by atoms with E-state index in [4.69, 9.17) is 14.2 Å².